The van der Waals surface area contributed by atoms with Crippen LogP contribution in [-0.2, 0) is 9.59 Å². The number of hydrogen-bond donors (Lipinski definition) is 1. The molecule has 19 heavy (non-hydrogen) atoms. The van der Waals surface area contributed by atoms with Gasteiger partial charge in [-0.2, -0.15) is 0 Å². The van der Waals surface area contributed by atoms with E-state index in [1.807, 2.05) is 18.9 Å². The normalized spacial score (nSPS) is 23.4. The predicted molar refractivity (Wildman–Crippen MR) is 73.9 cm³/mol. The Kier molecular flexibility index (Phi) is 6.28. The van der Waals surface area contributed by atoms with Crippen molar-refractivity contribution in [3.05, 3.63) is 0 Å². The SMILES string of the molecule is CCN(CC(=O)O)CC(=O)N(C)C1CCC(C)CC1. The average Bonchev–Trinajstić information content (AvgIpc) is 2.37. The van der Waals surface area contributed by atoms with Gasteiger partial charge in [0.1, 0.15) is 0 Å². The molecule has 1 rings (SSSR count). The molecule has 5 heteroatoms. The van der Waals surface area contributed by atoms with Gasteiger partial charge in [0, 0.05) is 13.1 Å². The van der Waals surface area contributed by atoms with E-state index in [4.69, 9.17) is 5.11 Å². The van der Waals surface area contributed by atoms with Gasteiger partial charge in [0.25, 0.3) is 0 Å². The van der Waals surface area contributed by atoms with Crippen LogP contribution in [0.3, 0.4) is 0 Å². The van der Waals surface area contributed by atoms with Crippen molar-refractivity contribution in [3.8, 4) is 0 Å². The molecule has 0 aliphatic heterocycles. The third-order valence-corrected chi connectivity index (χ3v) is 4.09. The van der Waals surface area contributed by atoms with Crippen LogP contribution in [0.25, 0.3) is 0 Å². The summed E-state index contributed by atoms with van der Waals surface area (Å²) in [7, 11) is 1.84. The molecular formula is C14H26N2O3. The van der Waals surface area contributed by atoms with Crippen LogP contribution in [0.2, 0.25) is 0 Å². The Bertz CT molecular complexity index is 312. The third-order valence-electron chi connectivity index (χ3n) is 4.09. The lowest BCUT2D eigenvalue weighted by Crippen LogP contribution is -2.45. The maximum Gasteiger partial charge on any atom is 0.317 e. The Balaban J connectivity index is 2.45. The van der Waals surface area contributed by atoms with Crippen molar-refractivity contribution >= 4 is 11.9 Å². The fraction of sp³-hybridized carbons (Fsp3) is 0.857. The van der Waals surface area contributed by atoms with Gasteiger partial charge < -0.3 is 10.0 Å². The summed E-state index contributed by atoms with van der Waals surface area (Å²) in [5, 5.41) is 8.78. The van der Waals surface area contributed by atoms with Gasteiger partial charge in [-0.05, 0) is 38.1 Å². The van der Waals surface area contributed by atoms with E-state index in [1.54, 1.807) is 4.90 Å². The van der Waals surface area contributed by atoms with Crippen molar-refractivity contribution in [3.63, 3.8) is 0 Å². The largest absolute Gasteiger partial charge is 0.480 e. The smallest absolute Gasteiger partial charge is 0.317 e. The van der Waals surface area contributed by atoms with Crippen LogP contribution in [0, 0.1) is 5.92 Å². The van der Waals surface area contributed by atoms with Crippen molar-refractivity contribution in [2.45, 2.75) is 45.6 Å². The van der Waals surface area contributed by atoms with Crippen LogP contribution in [0.4, 0.5) is 0 Å². The topological polar surface area (TPSA) is 60.9 Å². The van der Waals surface area contributed by atoms with Gasteiger partial charge in [-0.3, -0.25) is 14.5 Å². The Labute approximate surface area is 115 Å². The highest BCUT2D eigenvalue weighted by Crippen LogP contribution is 2.26. The van der Waals surface area contributed by atoms with Crippen molar-refractivity contribution in [2.24, 2.45) is 5.92 Å². The number of rotatable bonds is 6. The molecule has 1 fully saturated rings. The maximum atomic E-state index is 12.2. The van der Waals surface area contributed by atoms with Gasteiger partial charge in [0.15, 0.2) is 0 Å². The second-order valence-corrected chi connectivity index (χ2v) is 5.62. The minimum Gasteiger partial charge on any atom is -0.480 e. The predicted octanol–water partition coefficient (Wildman–Crippen LogP) is 1.43. The van der Waals surface area contributed by atoms with Crippen molar-refractivity contribution in [2.75, 3.05) is 26.7 Å². The van der Waals surface area contributed by atoms with E-state index in [0.717, 1.165) is 18.8 Å². The molecule has 0 aromatic carbocycles. The number of carbonyl (C=O) groups is 2. The number of hydrogen-bond acceptors (Lipinski definition) is 3. The van der Waals surface area contributed by atoms with Crippen LogP contribution in [0.5, 0.6) is 0 Å². The quantitative estimate of drug-likeness (QED) is 0.793. The molecule has 110 valence electrons. The van der Waals surface area contributed by atoms with E-state index in [-0.39, 0.29) is 19.0 Å². The van der Waals surface area contributed by atoms with Gasteiger partial charge in [-0.1, -0.05) is 13.8 Å². The number of nitrogens with zero attached hydrogens (tertiary/aromatic N) is 2. The van der Waals surface area contributed by atoms with E-state index in [1.165, 1.54) is 12.8 Å². The molecule has 0 aromatic rings. The van der Waals surface area contributed by atoms with Crippen LogP contribution in [0.1, 0.15) is 39.5 Å². The molecular weight excluding hydrogens is 244 g/mol. The zero-order valence-electron chi connectivity index (χ0n) is 12.3. The summed E-state index contributed by atoms with van der Waals surface area (Å²) in [4.78, 5) is 26.3. The van der Waals surface area contributed by atoms with Gasteiger partial charge in [0.2, 0.25) is 5.91 Å². The highest BCUT2D eigenvalue weighted by Gasteiger charge is 2.25. The fourth-order valence-electron chi connectivity index (χ4n) is 2.61. The molecule has 5 nitrogen and oxygen atoms in total. The van der Waals surface area contributed by atoms with Crippen LogP contribution < -0.4 is 0 Å². The fourth-order valence-corrected chi connectivity index (χ4v) is 2.61. The summed E-state index contributed by atoms with van der Waals surface area (Å²) >= 11 is 0. The van der Waals surface area contributed by atoms with Crippen molar-refractivity contribution in [1.82, 2.24) is 9.80 Å². The summed E-state index contributed by atoms with van der Waals surface area (Å²) in [6.07, 6.45) is 4.48. The molecule has 0 saturated heterocycles. The molecule has 0 spiro atoms. The molecule has 0 radical (unpaired) electrons. The Hall–Kier alpha value is -1.10. The molecule has 0 heterocycles. The van der Waals surface area contributed by atoms with Crippen LogP contribution in [0.15, 0.2) is 0 Å². The van der Waals surface area contributed by atoms with E-state index in [9.17, 15) is 9.59 Å². The molecule has 1 amide bonds. The zero-order valence-corrected chi connectivity index (χ0v) is 12.3. The summed E-state index contributed by atoms with van der Waals surface area (Å²) in [5.41, 5.74) is 0. The summed E-state index contributed by atoms with van der Waals surface area (Å²) < 4.78 is 0. The molecule has 0 aromatic heterocycles. The maximum absolute atomic E-state index is 12.2. The lowest BCUT2D eigenvalue weighted by Gasteiger charge is -2.34. The Morgan fingerprint density at radius 3 is 2.21 bits per heavy atom. The zero-order chi connectivity index (χ0) is 14.4. The lowest BCUT2D eigenvalue weighted by atomic mass is 9.87. The first-order chi connectivity index (χ1) is 8.93. The monoisotopic (exact) mass is 270 g/mol. The number of carbonyl (C=O) groups excluding carboxylic acids is 1. The van der Waals surface area contributed by atoms with Crippen LogP contribution in [-0.4, -0.2) is 59.5 Å². The van der Waals surface area contributed by atoms with E-state index in [0.29, 0.717) is 12.6 Å². The highest BCUT2D eigenvalue weighted by atomic mass is 16.4. The van der Waals surface area contributed by atoms with Crippen molar-refractivity contribution in [1.29, 1.82) is 0 Å². The minimum atomic E-state index is -0.885. The second-order valence-electron chi connectivity index (χ2n) is 5.62. The van der Waals surface area contributed by atoms with Crippen molar-refractivity contribution < 1.29 is 14.7 Å². The first kappa shape index (κ1) is 16.0. The molecule has 1 aliphatic carbocycles. The Morgan fingerprint density at radius 2 is 1.74 bits per heavy atom. The standard InChI is InChI=1S/C14H26N2O3/c1-4-16(10-14(18)19)9-13(17)15(3)12-7-5-11(2)6-8-12/h11-12H,4-10H2,1-3H3,(H,18,19). The summed E-state index contributed by atoms with van der Waals surface area (Å²) in [5.74, 6) is -0.0923. The lowest BCUT2D eigenvalue weighted by molar-refractivity contribution is -0.140. The Morgan fingerprint density at radius 1 is 1.16 bits per heavy atom. The number of carboxylic acids is 1. The van der Waals surface area contributed by atoms with E-state index >= 15 is 0 Å². The van der Waals surface area contributed by atoms with E-state index < -0.39 is 5.97 Å². The second kappa shape index (κ2) is 7.48. The molecule has 0 bridgehead atoms. The molecule has 1 N–H and O–H groups in total. The van der Waals surface area contributed by atoms with E-state index in [2.05, 4.69) is 6.92 Å². The highest BCUT2D eigenvalue weighted by molar-refractivity contribution is 5.79. The van der Waals surface area contributed by atoms with Crippen LogP contribution >= 0.6 is 0 Å². The number of aliphatic carboxylic acids is 1. The molecule has 0 unspecified atom stereocenters. The average molecular weight is 270 g/mol. The molecule has 0 atom stereocenters. The number of carboxylic acid groups (broad SMARTS) is 1. The minimum absolute atomic E-state index is 0.0302. The first-order valence-corrected chi connectivity index (χ1v) is 7.13. The summed E-state index contributed by atoms with van der Waals surface area (Å²) in [6.45, 7) is 4.83. The van der Waals surface area contributed by atoms with Gasteiger partial charge in [0.05, 0.1) is 13.1 Å². The third kappa shape index (κ3) is 5.19. The number of likely N-dealkylation sites (N-methyl/N-ethyl adjacent to an activating group) is 2. The first-order valence-electron chi connectivity index (χ1n) is 7.13. The van der Waals surface area contributed by atoms with Gasteiger partial charge in [-0.15, -0.1) is 0 Å². The molecule has 1 aliphatic rings. The van der Waals surface area contributed by atoms with Gasteiger partial charge >= 0.3 is 5.97 Å². The summed E-state index contributed by atoms with van der Waals surface area (Å²) in [6, 6.07) is 0.326. The molecule has 1 saturated carbocycles. The number of amides is 1. The van der Waals surface area contributed by atoms with Gasteiger partial charge in [-0.25, -0.2) is 0 Å².